The van der Waals surface area contributed by atoms with Gasteiger partial charge >= 0.3 is 0 Å². The minimum Gasteiger partial charge on any atom is -0.355 e. The zero-order valence-electron chi connectivity index (χ0n) is 15.3. The summed E-state index contributed by atoms with van der Waals surface area (Å²) in [7, 11) is 0. The van der Waals surface area contributed by atoms with Crippen LogP contribution in [0.5, 0.6) is 0 Å². The average molecular weight is 404 g/mol. The van der Waals surface area contributed by atoms with Crippen LogP contribution in [0.25, 0.3) is 5.69 Å². The number of aromatic amines is 1. The van der Waals surface area contributed by atoms with Crippen molar-refractivity contribution in [3.8, 4) is 5.69 Å². The van der Waals surface area contributed by atoms with Gasteiger partial charge in [0.2, 0.25) is 5.16 Å². The number of tetrazole rings is 1. The highest BCUT2D eigenvalue weighted by atomic mass is 35.5. The highest BCUT2D eigenvalue weighted by molar-refractivity contribution is 8.00. The van der Waals surface area contributed by atoms with E-state index in [9.17, 15) is 9.59 Å². The van der Waals surface area contributed by atoms with Crippen molar-refractivity contribution in [2.45, 2.75) is 38.1 Å². The monoisotopic (exact) mass is 403 g/mol. The molecule has 7 nitrogen and oxygen atoms in total. The molecule has 140 valence electrons. The van der Waals surface area contributed by atoms with Gasteiger partial charge in [0.05, 0.1) is 16.6 Å². The molecule has 0 bridgehead atoms. The highest BCUT2D eigenvalue weighted by Gasteiger charge is 2.26. The van der Waals surface area contributed by atoms with Gasteiger partial charge in [-0.05, 0) is 61.9 Å². The van der Waals surface area contributed by atoms with Gasteiger partial charge in [-0.1, -0.05) is 29.4 Å². The van der Waals surface area contributed by atoms with Crippen LogP contribution in [0.3, 0.4) is 0 Å². The van der Waals surface area contributed by atoms with Gasteiger partial charge in [-0.3, -0.25) is 9.59 Å². The quantitative estimate of drug-likeness (QED) is 0.496. The summed E-state index contributed by atoms with van der Waals surface area (Å²) in [4.78, 5) is 27.8. The van der Waals surface area contributed by atoms with Crippen molar-refractivity contribution in [2.24, 2.45) is 0 Å². The van der Waals surface area contributed by atoms with Crippen LogP contribution in [0, 0.1) is 13.8 Å². The molecule has 0 spiro atoms. The van der Waals surface area contributed by atoms with E-state index in [0.29, 0.717) is 38.4 Å². The Kier molecular flexibility index (Phi) is 5.48. The van der Waals surface area contributed by atoms with Crippen LogP contribution < -0.4 is 0 Å². The number of aryl methyl sites for hydroxylation is 1. The largest absolute Gasteiger partial charge is 0.355 e. The fourth-order valence-corrected chi connectivity index (χ4v) is 4.01. The number of rotatable bonds is 6. The first-order chi connectivity index (χ1) is 12.8. The molecular weight excluding hydrogens is 386 g/mol. The molecule has 0 saturated carbocycles. The number of H-pyrrole nitrogens is 1. The van der Waals surface area contributed by atoms with Gasteiger partial charge in [0.1, 0.15) is 0 Å². The molecular formula is C18H18ClN5O2S. The summed E-state index contributed by atoms with van der Waals surface area (Å²) in [5, 5.41) is 12.3. The van der Waals surface area contributed by atoms with Crippen LogP contribution in [-0.4, -0.2) is 42.0 Å². The van der Waals surface area contributed by atoms with Crippen molar-refractivity contribution < 1.29 is 9.59 Å². The summed E-state index contributed by atoms with van der Waals surface area (Å²) in [6, 6.07) is 7.14. The van der Waals surface area contributed by atoms with Gasteiger partial charge < -0.3 is 4.98 Å². The lowest BCUT2D eigenvalue weighted by Gasteiger charge is -2.10. The maximum atomic E-state index is 12.9. The Morgan fingerprint density at radius 2 is 2.04 bits per heavy atom. The van der Waals surface area contributed by atoms with E-state index in [1.54, 1.807) is 39.0 Å². The standard InChI is InChI=1S/C18H18ClN5O2S/c1-9-15(11(3)25)10(2)20-16(9)17(26)12(4)27-18-21-22-23-24(18)14-7-5-6-13(19)8-14/h5-8,12,20H,1-4H3/t12-/m0/s1. The predicted molar refractivity (Wildman–Crippen MR) is 104 cm³/mol. The van der Waals surface area contributed by atoms with Crippen molar-refractivity contribution >= 4 is 34.9 Å². The molecule has 0 fully saturated rings. The molecule has 0 aliphatic rings. The van der Waals surface area contributed by atoms with Crippen LogP contribution in [0.15, 0.2) is 29.4 Å². The number of nitrogens with one attached hydrogen (secondary N) is 1. The second-order valence-electron chi connectivity index (χ2n) is 6.16. The zero-order valence-corrected chi connectivity index (χ0v) is 16.9. The number of ketones is 2. The molecule has 3 rings (SSSR count). The van der Waals surface area contributed by atoms with E-state index >= 15 is 0 Å². The van der Waals surface area contributed by atoms with E-state index in [4.69, 9.17) is 11.6 Å². The normalized spacial score (nSPS) is 12.2. The van der Waals surface area contributed by atoms with E-state index in [1.165, 1.54) is 23.4 Å². The summed E-state index contributed by atoms with van der Waals surface area (Å²) in [5.74, 6) is -0.181. The number of nitrogens with zero attached hydrogens (tertiary/aromatic N) is 4. The van der Waals surface area contributed by atoms with Crippen LogP contribution in [-0.2, 0) is 0 Å². The van der Waals surface area contributed by atoms with E-state index in [2.05, 4.69) is 20.5 Å². The van der Waals surface area contributed by atoms with Crippen LogP contribution in [0.4, 0.5) is 0 Å². The van der Waals surface area contributed by atoms with Crippen LogP contribution in [0.2, 0.25) is 5.02 Å². The third-order valence-electron chi connectivity index (χ3n) is 4.18. The molecule has 0 amide bonds. The first kappa shape index (κ1) is 19.3. The second-order valence-corrected chi connectivity index (χ2v) is 7.90. The Balaban J connectivity index is 1.86. The number of hydrogen-bond acceptors (Lipinski definition) is 6. The topological polar surface area (TPSA) is 93.5 Å². The molecule has 27 heavy (non-hydrogen) atoms. The van der Waals surface area contributed by atoms with Crippen molar-refractivity contribution in [3.63, 3.8) is 0 Å². The Morgan fingerprint density at radius 3 is 2.67 bits per heavy atom. The molecule has 1 N–H and O–H groups in total. The maximum Gasteiger partial charge on any atom is 0.214 e. The number of benzene rings is 1. The van der Waals surface area contributed by atoms with Crippen molar-refractivity contribution in [1.82, 2.24) is 25.2 Å². The van der Waals surface area contributed by atoms with Gasteiger partial charge in [-0.2, -0.15) is 4.68 Å². The summed E-state index contributed by atoms with van der Waals surface area (Å²) in [6.45, 7) is 6.85. The van der Waals surface area contributed by atoms with Crippen molar-refractivity contribution in [2.75, 3.05) is 0 Å². The third kappa shape index (κ3) is 3.81. The smallest absolute Gasteiger partial charge is 0.214 e. The molecule has 0 radical (unpaired) electrons. The predicted octanol–water partition coefficient (Wildman–Crippen LogP) is 3.83. The molecule has 2 aromatic heterocycles. The summed E-state index contributed by atoms with van der Waals surface area (Å²) in [5.41, 5.74) is 3.09. The number of thioether (sulfide) groups is 1. The third-order valence-corrected chi connectivity index (χ3v) is 5.45. The molecule has 2 heterocycles. The van der Waals surface area contributed by atoms with Crippen LogP contribution in [0.1, 0.15) is 46.0 Å². The molecule has 0 aliphatic heterocycles. The molecule has 0 saturated heterocycles. The molecule has 3 aromatic rings. The van der Waals surface area contributed by atoms with Gasteiger partial charge in [-0.15, -0.1) is 5.10 Å². The lowest BCUT2D eigenvalue weighted by atomic mass is 10.0. The van der Waals surface area contributed by atoms with Crippen molar-refractivity contribution in [1.29, 1.82) is 0 Å². The van der Waals surface area contributed by atoms with Crippen LogP contribution >= 0.6 is 23.4 Å². The number of aromatic nitrogens is 5. The Labute approximate surface area is 165 Å². The highest BCUT2D eigenvalue weighted by Crippen LogP contribution is 2.28. The minimum atomic E-state index is -0.453. The van der Waals surface area contributed by atoms with Gasteiger partial charge in [-0.25, -0.2) is 0 Å². The van der Waals surface area contributed by atoms with Crippen molar-refractivity contribution in [3.05, 3.63) is 51.8 Å². The number of halogens is 1. The van der Waals surface area contributed by atoms with Gasteiger partial charge in [0, 0.05) is 16.3 Å². The van der Waals surface area contributed by atoms with E-state index in [1.807, 2.05) is 6.07 Å². The zero-order chi connectivity index (χ0) is 19.7. The fourth-order valence-electron chi connectivity index (χ4n) is 2.96. The Hall–Kier alpha value is -2.45. The minimum absolute atomic E-state index is 0.0643. The lowest BCUT2D eigenvalue weighted by molar-refractivity contribution is 0.0988. The molecule has 1 aromatic carbocycles. The summed E-state index contributed by atoms with van der Waals surface area (Å²) >= 11 is 7.28. The summed E-state index contributed by atoms with van der Waals surface area (Å²) < 4.78 is 1.54. The second kappa shape index (κ2) is 7.66. The van der Waals surface area contributed by atoms with Gasteiger partial charge in [0.25, 0.3) is 0 Å². The number of carbonyl (C=O) groups excluding carboxylic acids is 2. The Morgan fingerprint density at radius 1 is 1.30 bits per heavy atom. The number of Topliss-reactive ketones (excluding diaryl/α,β-unsaturated/α-hetero) is 2. The average Bonchev–Trinajstić information content (AvgIpc) is 3.18. The molecule has 9 heteroatoms. The van der Waals surface area contributed by atoms with E-state index < -0.39 is 5.25 Å². The van der Waals surface area contributed by atoms with Gasteiger partial charge in [0.15, 0.2) is 11.6 Å². The first-order valence-electron chi connectivity index (χ1n) is 8.25. The number of hydrogen-bond donors (Lipinski definition) is 1. The van der Waals surface area contributed by atoms with E-state index in [-0.39, 0.29) is 11.6 Å². The maximum absolute atomic E-state index is 12.9. The Bertz CT molecular complexity index is 1030. The number of carbonyl (C=O) groups is 2. The lowest BCUT2D eigenvalue weighted by Crippen LogP contribution is -2.16. The fraction of sp³-hybridized carbons (Fsp3) is 0.278. The molecule has 1 atom stereocenters. The molecule has 0 unspecified atom stereocenters. The molecule has 0 aliphatic carbocycles. The summed E-state index contributed by atoms with van der Waals surface area (Å²) in [6.07, 6.45) is 0. The SMILES string of the molecule is CC(=O)c1c(C)[nH]c(C(=O)[C@H](C)Sc2nnnn2-c2cccc(Cl)c2)c1C. The van der Waals surface area contributed by atoms with E-state index in [0.717, 1.165) is 0 Å². The first-order valence-corrected chi connectivity index (χ1v) is 9.50.